The van der Waals surface area contributed by atoms with Crippen molar-refractivity contribution >= 4 is 11.9 Å². The van der Waals surface area contributed by atoms with E-state index in [0.717, 1.165) is 0 Å². The molecule has 5 heteroatoms. The van der Waals surface area contributed by atoms with Gasteiger partial charge in [0, 0.05) is 12.6 Å². The van der Waals surface area contributed by atoms with Crippen LogP contribution in [0.2, 0.25) is 0 Å². The Morgan fingerprint density at radius 3 is 2.12 bits per heavy atom. The third-order valence-corrected chi connectivity index (χ3v) is 1.91. The molecule has 0 aromatic carbocycles. The average Bonchev–Trinajstić information content (AvgIpc) is 2.11. The third-order valence-electron chi connectivity index (χ3n) is 1.91. The molecule has 0 aliphatic carbocycles. The van der Waals surface area contributed by atoms with Crippen LogP contribution in [0.4, 0.5) is 0 Å². The summed E-state index contributed by atoms with van der Waals surface area (Å²) in [6.45, 7) is 8.30. The lowest BCUT2D eigenvalue weighted by atomic mass is 10.1. The van der Waals surface area contributed by atoms with E-state index >= 15 is 0 Å². The maximum absolute atomic E-state index is 11.7. The van der Waals surface area contributed by atoms with Crippen molar-refractivity contribution in [3.8, 4) is 0 Å². The molecular weight excluding hydrogens is 208 g/mol. The van der Waals surface area contributed by atoms with E-state index in [4.69, 9.17) is 5.11 Å². The molecule has 0 heterocycles. The van der Waals surface area contributed by atoms with Gasteiger partial charge in [-0.15, -0.1) is 0 Å². The molecule has 0 aliphatic heterocycles. The summed E-state index contributed by atoms with van der Waals surface area (Å²) in [6, 6.07) is -0.578. The van der Waals surface area contributed by atoms with Gasteiger partial charge in [-0.25, -0.2) is 0 Å². The second-order valence-electron chi connectivity index (χ2n) is 4.61. The van der Waals surface area contributed by atoms with Crippen molar-refractivity contribution in [2.45, 2.75) is 46.2 Å². The molecule has 0 fully saturated rings. The lowest BCUT2D eigenvalue weighted by molar-refractivity contribution is -0.140. The van der Waals surface area contributed by atoms with Gasteiger partial charge in [0.2, 0.25) is 5.91 Å². The first kappa shape index (κ1) is 14.9. The second-order valence-corrected chi connectivity index (χ2v) is 4.61. The molecule has 5 nitrogen and oxygen atoms in total. The first-order valence-electron chi connectivity index (χ1n) is 5.58. The summed E-state index contributed by atoms with van der Waals surface area (Å²) in [6.07, 6.45) is -0.192. The number of hydrogen-bond donors (Lipinski definition) is 3. The summed E-state index contributed by atoms with van der Waals surface area (Å²) < 4.78 is 0. The Hall–Kier alpha value is -1.10. The number of carboxylic acid groups (broad SMARTS) is 1. The summed E-state index contributed by atoms with van der Waals surface area (Å²) in [4.78, 5) is 22.3. The van der Waals surface area contributed by atoms with Crippen LogP contribution in [0, 0.1) is 5.92 Å². The Morgan fingerprint density at radius 2 is 1.75 bits per heavy atom. The topological polar surface area (TPSA) is 78.4 Å². The van der Waals surface area contributed by atoms with Gasteiger partial charge in [-0.3, -0.25) is 9.59 Å². The molecule has 3 N–H and O–H groups in total. The highest BCUT2D eigenvalue weighted by atomic mass is 16.4. The summed E-state index contributed by atoms with van der Waals surface area (Å²) in [5, 5.41) is 14.4. The molecule has 0 saturated carbocycles. The summed E-state index contributed by atoms with van der Waals surface area (Å²) in [5.74, 6) is -0.865. The third kappa shape index (κ3) is 7.23. The van der Waals surface area contributed by atoms with Crippen LogP contribution in [0.1, 0.15) is 34.1 Å². The van der Waals surface area contributed by atoms with Gasteiger partial charge in [0.25, 0.3) is 0 Å². The molecule has 0 aromatic heterocycles. The number of nitrogens with one attached hydrogen (secondary N) is 2. The largest absolute Gasteiger partial charge is 0.481 e. The molecule has 1 unspecified atom stereocenters. The highest BCUT2D eigenvalue weighted by Gasteiger charge is 2.21. The van der Waals surface area contributed by atoms with Gasteiger partial charge in [-0.05, 0) is 5.92 Å². The number of hydrogen-bond acceptors (Lipinski definition) is 3. The molecule has 0 spiro atoms. The van der Waals surface area contributed by atoms with Gasteiger partial charge in [0.1, 0.15) is 0 Å². The van der Waals surface area contributed by atoms with Crippen molar-refractivity contribution in [1.29, 1.82) is 0 Å². The Balaban J connectivity index is 4.26. The molecule has 1 amide bonds. The van der Waals surface area contributed by atoms with E-state index in [9.17, 15) is 9.59 Å². The lowest BCUT2D eigenvalue weighted by Crippen LogP contribution is -2.48. The molecule has 16 heavy (non-hydrogen) atoms. The van der Waals surface area contributed by atoms with Crippen LogP contribution >= 0.6 is 0 Å². The van der Waals surface area contributed by atoms with Crippen molar-refractivity contribution < 1.29 is 14.7 Å². The zero-order valence-electron chi connectivity index (χ0n) is 10.4. The van der Waals surface area contributed by atoms with E-state index < -0.39 is 12.0 Å². The minimum absolute atomic E-state index is 0.0779. The van der Waals surface area contributed by atoms with Gasteiger partial charge >= 0.3 is 5.97 Å². The first-order valence-corrected chi connectivity index (χ1v) is 5.58. The van der Waals surface area contributed by atoms with E-state index in [2.05, 4.69) is 10.6 Å². The zero-order chi connectivity index (χ0) is 12.7. The maximum atomic E-state index is 11.7. The number of amides is 1. The van der Waals surface area contributed by atoms with E-state index in [-0.39, 0.29) is 18.4 Å². The maximum Gasteiger partial charge on any atom is 0.305 e. The number of carbonyl (C=O) groups is 2. The number of carboxylic acids is 1. The predicted octanol–water partition coefficient (Wildman–Crippen LogP) is 0.600. The van der Waals surface area contributed by atoms with Crippen molar-refractivity contribution in [2.75, 3.05) is 6.54 Å². The van der Waals surface area contributed by atoms with Crippen LogP contribution in [-0.2, 0) is 9.59 Å². The van der Waals surface area contributed by atoms with Gasteiger partial charge in [0.05, 0.1) is 12.5 Å². The molecule has 0 aromatic rings. The molecule has 1 atom stereocenters. The normalized spacial score (nSPS) is 12.9. The Kier molecular flexibility index (Phi) is 6.72. The lowest BCUT2D eigenvalue weighted by Gasteiger charge is -2.19. The average molecular weight is 230 g/mol. The molecule has 0 aliphatic rings. The van der Waals surface area contributed by atoms with Crippen LogP contribution in [-0.4, -0.2) is 35.6 Å². The number of aliphatic carboxylic acids is 1. The van der Waals surface area contributed by atoms with E-state index in [1.54, 1.807) is 0 Å². The molecule has 0 bridgehead atoms. The van der Waals surface area contributed by atoms with Crippen LogP contribution in [0.15, 0.2) is 0 Å². The van der Waals surface area contributed by atoms with Crippen molar-refractivity contribution in [1.82, 2.24) is 10.6 Å². The fourth-order valence-electron chi connectivity index (χ4n) is 1.23. The minimum Gasteiger partial charge on any atom is -0.481 e. The highest BCUT2D eigenvalue weighted by molar-refractivity contribution is 5.86. The first-order chi connectivity index (χ1) is 7.32. The Morgan fingerprint density at radius 1 is 1.19 bits per heavy atom. The van der Waals surface area contributed by atoms with Gasteiger partial charge in [-0.2, -0.15) is 0 Å². The van der Waals surface area contributed by atoms with Crippen LogP contribution < -0.4 is 10.6 Å². The highest BCUT2D eigenvalue weighted by Crippen LogP contribution is 1.96. The quantitative estimate of drug-likeness (QED) is 0.598. The van der Waals surface area contributed by atoms with Crippen LogP contribution in [0.25, 0.3) is 0 Å². The van der Waals surface area contributed by atoms with Crippen molar-refractivity contribution in [2.24, 2.45) is 5.92 Å². The molecule has 0 radical (unpaired) electrons. The molecule has 0 rings (SSSR count). The SMILES string of the molecule is CC(C)CNC(=O)C(CC(=O)O)NC(C)C. The minimum atomic E-state index is -0.974. The standard InChI is InChI=1S/C11H22N2O3/c1-7(2)6-12-11(16)9(5-10(14)15)13-8(3)4/h7-9,13H,5-6H2,1-4H3,(H,12,16)(H,14,15). The van der Waals surface area contributed by atoms with E-state index in [1.165, 1.54) is 0 Å². The van der Waals surface area contributed by atoms with Gasteiger partial charge < -0.3 is 15.7 Å². The second kappa shape index (κ2) is 7.22. The van der Waals surface area contributed by atoms with Crippen LogP contribution in [0.3, 0.4) is 0 Å². The fraction of sp³-hybridized carbons (Fsp3) is 0.818. The van der Waals surface area contributed by atoms with Gasteiger partial charge in [0.15, 0.2) is 0 Å². The predicted molar refractivity (Wildman–Crippen MR) is 62.2 cm³/mol. The van der Waals surface area contributed by atoms with Crippen molar-refractivity contribution in [3.05, 3.63) is 0 Å². The van der Waals surface area contributed by atoms with E-state index in [0.29, 0.717) is 12.5 Å². The van der Waals surface area contributed by atoms with Crippen LogP contribution in [0.5, 0.6) is 0 Å². The molecule has 0 saturated heterocycles. The molecular formula is C11H22N2O3. The zero-order valence-corrected chi connectivity index (χ0v) is 10.4. The smallest absolute Gasteiger partial charge is 0.305 e. The fourth-order valence-corrected chi connectivity index (χ4v) is 1.23. The Bertz CT molecular complexity index is 239. The van der Waals surface area contributed by atoms with Crippen molar-refractivity contribution in [3.63, 3.8) is 0 Å². The van der Waals surface area contributed by atoms with Gasteiger partial charge in [-0.1, -0.05) is 27.7 Å². The number of rotatable bonds is 7. The monoisotopic (exact) mass is 230 g/mol. The summed E-state index contributed by atoms with van der Waals surface area (Å²) in [7, 11) is 0. The molecule has 94 valence electrons. The number of carbonyl (C=O) groups excluding carboxylic acids is 1. The van der Waals surface area contributed by atoms with E-state index in [1.807, 2.05) is 27.7 Å². The summed E-state index contributed by atoms with van der Waals surface area (Å²) >= 11 is 0. The summed E-state index contributed by atoms with van der Waals surface area (Å²) in [5.41, 5.74) is 0. The Labute approximate surface area is 96.6 Å².